The zero-order chi connectivity index (χ0) is 13.7. The predicted octanol–water partition coefficient (Wildman–Crippen LogP) is 2.42. The highest BCUT2D eigenvalue weighted by Gasteiger charge is 2.09. The maximum absolute atomic E-state index is 9.75. The summed E-state index contributed by atoms with van der Waals surface area (Å²) in [6.07, 6.45) is 1.10. The van der Waals surface area contributed by atoms with Crippen LogP contribution in [0.3, 0.4) is 0 Å². The number of rotatable bonds is 6. The molecule has 0 saturated carbocycles. The lowest BCUT2D eigenvalue weighted by atomic mass is 10.2. The summed E-state index contributed by atoms with van der Waals surface area (Å²) in [4.78, 5) is 0. The maximum atomic E-state index is 9.75. The average molecular weight is 279 g/mol. The molecule has 1 aromatic heterocycles. The highest BCUT2D eigenvalue weighted by atomic mass is 32.1. The molecule has 2 N–H and O–H groups in total. The minimum Gasteiger partial charge on any atom is -0.504 e. The number of nitrogens with one attached hydrogen (secondary N) is 1. The molecule has 5 nitrogen and oxygen atoms in total. The first-order valence-electron chi connectivity index (χ1n) is 6.15. The first-order valence-corrected chi connectivity index (χ1v) is 6.96. The van der Waals surface area contributed by atoms with E-state index in [9.17, 15) is 5.11 Å². The summed E-state index contributed by atoms with van der Waals surface area (Å²) in [5, 5.41) is 23.0. The number of nitrogens with zero attached hydrogens (tertiary/aromatic N) is 2. The Labute approximate surface area is 116 Å². The van der Waals surface area contributed by atoms with Crippen molar-refractivity contribution >= 4 is 11.3 Å². The average Bonchev–Trinajstić information content (AvgIpc) is 2.88. The number of aromatic nitrogens is 2. The van der Waals surface area contributed by atoms with Crippen LogP contribution in [0.2, 0.25) is 0 Å². The molecule has 6 heteroatoms. The van der Waals surface area contributed by atoms with E-state index in [-0.39, 0.29) is 5.75 Å². The SMILES string of the molecule is CCCNCc1nnc(-c2ccc(OC)c(O)c2)s1. The molecular weight excluding hydrogens is 262 g/mol. The van der Waals surface area contributed by atoms with Crippen molar-refractivity contribution in [2.45, 2.75) is 19.9 Å². The topological polar surface area (TPSA) is 67.3 Å². The number of aromatic hydroxyl groups is 1. The Morgan fingerprint density at radius 3 is 2.89 bits per heavy atom. The predicted molar refractivity (Wildman–Crippen MR) is 75.6 cm³/mol. The molecule has 2 aromatic rings. The molecule has 0 aliphatic heterocycles. The lowest BCUT2D eigenvalue weighted by molar-refractivity contribution is 0.373. The molecule has 0 unspecified atom stereocenters. The van der Waals surface area contributed by atoms with Crippen LogP contribution in [0.25, 0.3) is 10.6 Å². The Kier molecular flexibility index (Phi) is 4.70. The van der Waals surface area contributed by atoms with Gasteiger partial charge in [-0.1, -0.05) is 18.3 Å². The highest BCUT2D eigenvalue weighted by Crippen LogP contribution is 2.32. The van der Waals surface area contributed by atoms with Crippen molar-refractivity contribution in [2.75, 3.05) is 13.7 Å². The van der Waals surface area contributed by atoms with Crippen LogP contribution in [0, 0.1) is 0 Å². The van der Waals surface area contributed by atoms with Gasteiger partial charge >= 0.3 is 0 Å². The number of ether oxygens (including phenoxy) is 1. The van der Waals surface area contributed by atoms with Crippen molar-refractivity contribution in [3.8, 4) is 22.1 Å². The molecule has 19 heavy (non-hydrogen) atoms. The fraction of sp³-hybridized carbons (Fsp3) is 0.385. The molecule has 0 atom stereocenters. The summed E-state index contributed by atoms with van der Waals surface area (Å²) >= 11 is 1.52. The molecule has 0 saturated heterocycles. The van der Waals surface area contributed by atoms with Crippen LogP contribution in [0.4, 0.5) is 0 Å². The zero-order valence-corrected chi connectivity index (χ0v) is 11.8. The summed E-state index contributed by atoms with van der Waals surface area (Å²) in [5.74, 6) is 0.568. The van der Waals surface area contributed by atoms with Crippen LogP contribution in [-0.4, -0.2) is 29.0 Å². The Bertz CT molecular complexity index is 542. The summed E-state index contributed by atoms with van der Waals surface area (Å²) in [6.45, 7) is 3.82. The molecule has 0 bridgehead atoms. The number of benzene rings is 1. The largest absolute Gasteiger partial charge is 0.504 e. The second-order valence-corrected chi connectivity index (χ2v) is 5.13. The van der Waals surface area contributed by atoms with Crippen molar-refractivity contribution < 1.29 is 9.84 Å². The van der Waals surface area contributed by atoms with Gasteiger partial charge in [-0.2, -0.15) is 0 Å². The molecule has 1 aromatic carbocycles. The first kappa shape index (κ1) is 13.8. The Balaban J connectivity index is 2.11. The Morgan fingerprint density at radius 1 is 1.37 bits per heavy atom. The van der Waals surface area contributed by atoms with E-state index in [1.807, 2.05) is 6.07 Å². The van der Waals surface area contributed by atoms with Gasteiger partial charge in [0.1, 0.15) is 10.0 Å². The summed E-state index contributed by atoms with van der Waals surface area (Å²) in [6, 6.07) is 5.23. The third-order valence-corrected chi connectivity index (χ3v) is 3.57. The lowest BCUT2D eigenvalue weighted by Gasteiger charge is -2.03. The zero-order valence-electron chi connectivity index (χ0n) is 11.0. The second-order valence-electron chi connectivity index (χ2n) is 4.06. The standard InChI is InChI=1S/C13H17N3O2S/c1-3-6-14-8-12-15-16-13(19-12)9-4-5-11(18-2)10(17)7-9/h4-5,7,14,17H,3,6,8H2,1-2H3. The summed E-state index contributed by atoms with van der Waals surface area (Å²) in [7, 11) is 1.52. The van der Waals surface area contributed by atoms with Gasteiger partial charge in [0.15, 0.2) is 11.5 Å². The number of hydrogen-bond donors (Lipinski definition) is 2. The van der Waals surface area contributed by atoms with Gasteiger partial charge in [0.25, 0.3) is 0 Å². The van der Waals surface area contributed by atoms with Gasteiger partial charge in [-0.15, -0.1) is 10.2 Å². The van der Waals surface area contributed by atoms with Gasteiger partial charge in [-0.3, -0.25) is 0 Å². The second kappa shape index (κ2) is 6.49. The lowest BCUT2D eigenvalue weighted by Crippen LogP contribution is -2.13. The minimum absolute atomic E-state index is 0.112. The molecule has 0 aliphatic carbocycles. The Hall–Kier alpha value is -1.66. The van der Waals surface area contributed by atoms with Crippen LogP contribution in [-0.2, 0) is 6.54 Å². The van der Waals surface area contributed by atoms with Gasteiger partial charge in [0.2, 0.25) is 0 Å². The number of hydrogen-bond acceptors (Lipinski definition) is 6. The maximum Gasteiger partial charge on any atom is 0.160 e. The minimum atomic E-state index is 0.112. The van der Waals surface area contributed by atoms with E-state index in [2.05, 4.69) is 22.4 Å². The van der Waals surface area contributed by atoms with E-state index < -0.39 is 0 Å². The molecule has 1 heterocycles. The summed E-state index contributed by atoms with van der Waals surface area (Å²) in [5.41, 5.74) is 0.845. The van der Waals surface area contributed by atoms with Crippen molar-refractivity contribution in [1.29, 1.82) is 0 Å². The van der Waals surface area contributed by atoms with Crippen LogP contribution < -0.4 is 10.1 Å². The molecular formula is C13H17N3O2S. The van der Waals surface area contributed by atoms with Gasteiger partial charge in [-0.05, 0) is 31.2 Å². The highest BCUT2D eigenvalue weighted by molar-refractivity contribution is 7.14. The van der Waals surface area contributed by atoms with E-state index >= 15 is 0 Å². The van der Waals surface area contributed by atoms with Gasteiger partial charge in [0.05, 0.1) is 7.11 Å². The quantitative estimate of drug-likeness (QED) is 0.795. The fourth-order valence-electron chi connectivity index (χ4n) is 1.64. The van der Waals surface area contributed by atoms with Crippen LogP contribution >= 0.6 is 11.3 Å². The van der Waals surface area contributed by atoms with E-state index in [0.29, 0.717) is 5.75 Å². The Morgan fingerprint density at radius 2 is 2.21 bits per heavy atom. The number of phenolic OH excluding ortho intramolecular Hbond substituents is 1. The molecule has 0 fully saturated rings. The van der Waals surface area contributed by atoms with Crippen molar-refractivity contribution in [1.82, 2.24) is 15.5 Å². The van der Waals surface area contributed by atoms with Gasteiger partial charge in [-0.25, -0.2) is 0 Å². The van der Waals surface area contributed by atoms with E-state index in [4.69, 9.17) is 4.74 Å². The van der Waals surface area contributed by atoms with Crippen molar-refractivity contribution in [2.24, 2.45) is 0 Å². The smallest absolute Gasteiger partial charge is 0.160 e. The van der Waals surface area contributed by atoms with Gasteiger partial charge < -0.3 is 15.2 Å². The number of methoxy groups -OCH3 is 1. The first-order chi connectivity index (χ1) is 9.24. The van der Waals surface area contributed by atoms with Crippen LogP contribution in [0.5, 0.6) is 11.5 Å². The van der Waals surface area contributed by atoms with E-state index in [1.165, 1.54) is 18.4 Å². The molecule has 0 spiro atoms. The summed E-state index contributed by atoms with van der Waals surface area (Å²) < 4.78 is 5.01. The molecule has 102 valence electrons. The third-order valence-electron chi connectivity index (χ3n) is 2.60. The van der Waals surface area contributed by atoms with E-state index in [0.717, 1.165) is 35.1 Å². The molecule has 2 rings (SSSR count). The van der Waals surface area contributed by atoms with Crippen LogP contribution in [0.15, 0.2) is 18.2 Å². The normalized spacial score (nSPS) is 10.6. The molecule has 0 aliphatic rings. The van der Waals surface area contributed by atoms with Gasteiger partial charge in [0, 0.05) is 12.1 Å². The fourth-order valence-corrected chi connectivity index (χ4v) is 2.44. The van der Waals surface area contributed by atoms with E-state index in [1.54, 1.807) is 12.1 Å². The van der Waals surface area contributed by atoms with Crippen molar-refractivity contribution in [3.63, 3.8) is 0 Å². The van der Waals surface area contributed by atoms with Crippen LogP contribution in [0.1, 0.15) is 18.4 Å². The third kappa shape index (κ3) is 3.42. The molecule has 0 radical (unpaired) electrons. The number of phenols is 1. The molecule has 0 amide bonds. The van der Waals surface area contributed by atoms with Crippen molar-refractivity contribution in [3.05, 3.63) is 23.2 Å². The monoisotopic (exact) mass is 279 g/mol.